The first kappa shape index (κ1) is 20.9. The van der Waals surface area contributed by atoms with Crippen LogP contribution >= 0.6 is 23.2 Å². The highest BCUT2D eigenvalue weighted by atomic mass is 35.5. The maximum atomic E-state index is 11.7. The van der Waals surface area contributed by atoms with Crippen LogP contribution in [0.2, 0.25) is 10.0 Å². The number of aromatic nitrogens is 3. The number of carbonyl (C=O) groups is 1. The summed E-state index contributed by atoms with van der Waals surface area (Å²) in [6, 6.07) is 16.6. The molecule has 0 radical (unpaired) electrons. The standard InChI is InChI=1S/C23H18Cl2N4O2/c1-2-14-6-5-7-15(10-14)20-11-21(27-19-9-4-3-8-16(19)23(30)31)29(28-20)22-17(24)12-26-13-18(22)25/h3-13,27H,2H2,1H3,(H,30,31). The van der Waals surface area contributed by atoms with Crippen LogP contribution in [-0.2, 0) is 6.42 Å². The first-order valence-corrected chi connectivity index (χ1v) is 10.3. The number of hydrogen-bond acceptors (Lipinski definition) is 4. The second-order valence-electron chi connectivity index (χ2n) is 6.81. The Morgan fingerprint density at radius 1 is 1.06 bits per heavy atom. The maximum Gasteiger partial charge on any atom is 0.337 e. The summed E-state index contributed by atoms with van der Waals surface area (Å²) in [6.45, 7) is 2.09. The van der Waals surface area contributed by atoms with Gasteiger partial charge in [0.2, 0.25) is 0 Å². The van der Waals surface area contributed by atoms with Gasteiger partial charge in [0, 0.05) is 24.0 Å². The molecule has 156 valence electrons. The third-order valence-corrected chi connectivity index (χ3v) is 5.35. The smallest absolute Gasteiger partial charge is 0.337 e. The number of benzene rings is 2. The van der Waals surface area contributed by atoms with E-state index in [1.54, 1.807) is 22.9 Å². The number of carboxylic acid groups (broad SMARTS) is 1. The molecule has 0 atom stereocenters. The molecule has 2 heterocycles. The molecule has 2 aromatic carbocycles. The Morgan fingerprint density at radius 2 is 1.81 bits per heavy atom. The number of aryl methyl sites for hydroxylation is 1. The minimum atomic E-state index is -1.04. The molecule has 0 aliphatic heterocycles. The zero-order chi connectivity index (χ0) is 22.0. The van der Waals surface area contributed by atoms with Gasteiger partial charge in [-0.2, -0.15) is 5.10 Å². The second kappa shape index (κ2) is 8.79. The number of carboxylic acids is 1. The van der Waals surface area contributed by atoms with Crippen molar-refractivity contribution in [3.63, 3.8) is 0 Å². The molecule has 0 unspecified atom stereocenters. The molecule has 0 saturated heterocycles. The number of nitrogens with zero attached hydrogens (tertiary/aromatic N) is 3. The van der Waals surface area contributed by atoms with E-state index >= 15 is 0 Å². The second-order valence-corrected chi connectivity index (χ2v) is 7.62. The van der Waals surface area contributed by atoms with Gasteiger partial charge in [-0.25, -0.2) is 9.48 Å². The van der Waals surface area contributed by atoms with Crippen LogP contribution in [0.5, 0.6) is 0 Å². The molecule has 0 fully saturated rings. The highest BCUT2D eigenvalue weighted by Crippen LogP contribution is 2.34. The molecule has 0 bridgehead atoms. The first-order chi connectivity index (χ1) is 15.0. The van der Waals surface area contributed by atoms with Crippen molar-refractivity contribution in [2.75, 3.05) is 5.32 Å². The van der Waals surface area contributed by atoms with E-state index in [0.29, 0.717) is 32.9 Å². The summed E-state index contributed by atoms with van der Waals surface area (Å²) in [7, 11) is 0. The lowest BCUT2D eigenvalue weighted by Gasteiger charge is -2.13. The van der Waals surface area contributed by atoms with Crippen molar-refractivity contribution in [3.05, 3.63) is 88.2 Å². The minimum Gasteiger partial charge on any atom is -0.478 e. The highest BCUT2D eigenvalue weighted by molar-refractivity contribution is 6.37. The van der Waals surface area contributed by atoms with E-state index in [4.69, 9.17) is 28.3 Å². The number of pyridine rings is 1. The van der Waals surface area contributed by atoms with Crippen LogP contribution in [0, 0.1) is 0 Å². The molecule has 0 aliphatic rings. The third-order valence-electron chi connectivity index (χ3n) is 4.80. The molecule has 8 heteroatoms. The van der Waals surface area contributed by atoms with Crippen molar-refractivity contribution in [1.29, 1.82) is 0 Å². The van der Waals surface area contributed by atoms with Crippen LogP contribution in [0.3, 0.4) is 0 Å². The molecule has 31 heavy (non-hydrogen) atoms. The summed E-state index contributed by atoms with van der Waals surface area (Å²) in [5, 5.41) is 18.1. The summed E-state index contributed by atoms with van der Waals surface area (Å²) < 4.78 is 1.57. The molecule has 0 saturated carbocycles. The summed E-state index contributed by atoms with van der Waals surface area (Å²) in [6.07, 6.45) is 3.86. The molecule has 0 spiro atoms. The molecule has 2 aromatic heterocycles. The van der Waals surface area contributed by atoms with Crippen LogP contribution < -0.4 is 5.32 Å². The lowest BCUT2D eigenvalue weighted by Crippen LogP contribution is -2.07. The topological polar surface area (TPSA) is 80.0 Å². The van der Waals surface area contributed by atoms with Gasteiger partial charge in [-0.1, -0.05) is 60.5 Å². The van der Waals surface area contributed by atoms with E-state index in [-0.39, 0.29) is 5.56 Å². The third kappa shape index (κ3) is 4.26. The van der Waals surface area contributed by atoms with Gasteiger partial charge in [-0.15, -0.1) is 0 Å². The Morgan fingerprint density at radius 3 is 2.52 bits per heavy atom. The Balaban J connectivity index is 1.89. The van der Waals surface area contributed by atoms with E-state index < -0.39 is 5.97 Å². The van der Waals surface area contributed by atoms with Gasteiger partial charge >= 0.3 is 5.97 Å². The predicted molar refractivity (Wildman–Crippen MR) is 123 cm³/mol. The van der Waals surface area contributed by atoms with E-state index in [9.17, 15) is 9.90 Å². The van der Waals surface area contributed by atoms with Crippen molar-refractivity contribution < 1.29 is 9.90 Å². The van der Waals surface area contributed by atoms with Crippen LogP contribution in [-0.4, -0.2) is 25.8 Å². The first-order valence-electron chi connectivity index (χ1n) is 9.56. The SMILES string of the molecule is CCc1cccc(-c2cc(Nc3ccccc3C(=O)O)n(-c3c(Cl)cncc3Cl)n2)c1. The fraction of sp³-hybridized carbons (Fsp3) is 0.0870. The van der Waals surface area contributed by atoms with Crippen LogP contribution in [0.1, 0.15) is 22.8 Å². The van der Waals surface area contributed by atoms with Crippen molar-refractivity contribution >= 4 is 40.7 Å². The van der Waals surface area contributed by atoms with Gasteiger partial charge in [0.25, 0.3) is 0 Å². The van der Waals surface area contributed by atoms with Crippen LogP contribution in [0.15, 0.2) is 67.0 Å². The summed E-state index contributed by atoms with van der Waals surface area (Å²) in [5.41, 5.74) is 3.80. The monoisotopic (exact) mass is 452 g/mol. The Kier molecular flexibility index (Phi) is 5.93. The molecule has 2 N–H and O–H groups in total. The zero-order valence-electron chi connectivity index (χ0n) is 16.5. The van der Waals surface area contributed by atoms with Crippen LogP contribution in [0.25, 0.3) is 16.9 Å². The zero-order valence-corrected chi connectivity index (χ0v) is 18.0. The number of para-hydroxylation sites is 1. The van der Waals surface area contributed by atoms with Crippen molar-refractivity contribution in [3.8, 4) is 16.9 Å². The largest absolute Gasteiger partial charge is 0.478 e. The average molecular weight is 453 g/mol. The summed E-state index contributed by atoms with van der Waals surface area (Å²) >= 11 is 12.8. The quantitative estimate of drug-likeness (QED) is 0.361. The minimum absolute atomic E-state index is 0.136. The van der Waals surface area contributed by atoms with Gasteiger partial charge in [0.1, 0.15) is 11.5 Å². The highest BCUT2D eigenvalue weighted by Gasteiger charge is 2.19. The fourth-order valence-electron chi connectivity index (χ4n) is 3.26. The lowest BCUT2D eigenvalue weighted by atomic mass is 10.1. The van der Waals surface area contributed by atoms with Gasteiger partial charge in [-0.05, 0) is 30.2 Å². The molecule has 0 amide bonds. The summed E-state index contributed by atoms with van der Waals surface area (Å²) in [5.74, 6) is -0.523. The van der Waals surface area contributed by atoms with Crippen molar-refractivity contribution in [1.82, 2.24) is 14.8 Å². The van der Waals surface area contributed by atoms with E-state index in [1.165, 1.54) is 24.0 Å². The number of anilines is 2. The van der Waals surface area contributed by atoms with E-state index in [0.717, 1.165) is 12.0 Å². The average Bonchev–Trinajstić information content (AvgIpc) is 3.17. The number of rotatable bonds is 6. The van der Waals surface area contributed by atoms with Crippen molar-refractivity contribution in [2.45, 2.75) is 13.3 Å². The molecular weight excluding hydrogens is 435 g/mol. The van der Waals surface area contributed by atoms with Crippen LogP contribution in [0.4, 0.5) is 11.5 Å². The van der Waals surface area contributed by atoms with Gasteiger partial charge in [0.05, 0.1) is 27.0 Å². The van der Waals surface area contributed by atoms with E-state index in [2.05, 4.69) is 29.4 Å². The lowest BCUT2D eigenvalue weighted by molar-refractivity contribution is 0.0698. The molecule has 6 nitrogen and oxygen atoms in total. The molecule has 0 aliphatic carbocycles. The van der Waals surface area contributed by atoms with Gasteiger partial charge < -0.3 is 10.4 Å². The summed E-state index contributed by atoms with van der Waals surface area (Å²) in [4.78, 5) is 15.7. The fourth-order valence-corrected chi connectivity index (χ4v) is 3.78. The Hall–Kier alpha value is -3.35. The predicted octanol–water partition coefficient (Wildman–Crippen LogP) is 6.25. The number of nitrogens with one attached hydrogen (secondary N) is 1. The van der Waals surface area contributed by atoms with Gasteiger partial charge in [-0.3, -0.25) is 4.98 Å². The van der Waals surface area contributed by atoms with Crippen molar-refractivity contribution in [2.24, 2.45) is 0 Å². The maximum absolute atomic E-state index is 11.7. The molecule has 4 aromatic rings. The number of halogens is 2. The Labute approximate surface area is 189 Å². The van der Waals surface area contributed by atoms with Gasteiger partial charge in [0.15, 0.2) is 0 Å². The normalized spacial score (nSPS) is 10.8. The number of aromatic carboxylic acids is 1. The number of hydrogen-bond donors (Lipinski definition) is 2. The molecule has 4 rings (SSSR count). The Bertz CT molecular complexity index is 1250. The molecular formula is C23H18Cl2N4O2. The van der Waals surface area contributed by atoms with E-state index in [1.807, 2.05) is 18.2 Å².